The predicted octanol–water partition coefficient (Wildman–Crippen LogP) is 5.97. The smallest absolute Gasteiger partial charge is 0.349 e. The Bertz CT molecular complexity index is 747. The number of hydrogen-bond donors (Lipinski definition) is 0. The minimum atomic E-state index is -7.95. The first kappa shape index (κ1) is 33.4. The number of alkyl halides is 15. The van der Waals surface area contributed by atoms with Crippen LogP contribution in [0, 0.1) is 0 Å². The Morgan fingerprint density at radius 3 is 1.37 bits per heavy atom. The molecule has 0 unspecified atom stereocenters. The minimum Gasteiger partial charge on any atom is -0.349 e. The number of nitrogens with zero attached hydrogens (tertiary/aromatic N) is 3. The van der Waals surface area contributed by atoms with Gasteiger partial charge < -0.3 is 9.80 Å². The number of halogens is 15. The molecule has 0 N–H and O–H groups in total. The van der Waals surface area contributed by atoms with Crippen LogP contribution in [0.5, 0.6) is 0 Å². The fraction of sp³-hybridized carbons (Fsp3) is 0.938. The zero-order valence-corrected chi connectivity index (χ0v) is 19.9. The monoisotopic (exact) mass is 569 g/mol. The van der Waals surface area contributed by atoms with E-state index in [9.17, 15) is 65.9 Å². The van der Waals surface area contributed by atoms with Gasteiger partial charge in [-0.3, -0.25) is 0 Å². The summed E-state index contributed by atoms with van der Waals surface area (Å²) in [7, 11) is 1.11. The molecule has 0 aromatic heterocycles. The lowest BCUT2D eigenvalue weighted by Crippen LogP contribution is -2.70. The predicted molar refractivity (Wildman–Crippen MR) is 97.6 cm³/mol. The highest BCUT2D eigenvalue weighted by Gasteiger charge is 2.90. The van der Waals surface area contributed by atoms with Crippen LogP contribution < -0.4 is 0 Å². The quantitative estimate of drug-likeness (QED) is 0.106. The van der Waals surface area contributed by atoms with Crippen molar-refractivity contribution in [3.05, 3.63) is 0 Å². The normalized spacial score (nSPS) is 15.6. The Hall–Kier alpha value is -1.56. The lowest BCUT2D eigenvalue weighted by atomic mass is 9.91. The van der Waals surface area contributed by atoms with Gasteiger partial charge in [-0.2, -0.15) is 70.8 Å². The summed E-state index contributed by atoms with van der Waals surface area (Å²) in [6, 6.07) is -6.57. The molecule has 0 saturated heterocycles. The van der Waals surface area contributed by atoms with E-state index in [1.54, 1.807) is 13.1 Å². The van der Waals surface area contributed by atoms with Crippen molar-refractivity contribution < 1.29 is 65.9 Å². The molecule has 0 spiro atoms. The van der Waals surface area contributed by atoms with E-state index in [1.165, 1.54) is 0 Å². The first-order valence-corrected chi connectivity index (χ1v) is 12.5. The zero-order valence-electron chi connectivity index (χ0n) is 18.7. The molecule has 0 aliphatic carbocycles. The molecular formula is C16H22F15N3Si. The average molecular weight is 569 g/mol. The van der Waals surface area contributed by atoms with E-state index >= 15 is 0 Å². The van der Waals surface area contributed by atoms with Gasteiger partial charge in [0.05, 0.1) is 8.80 Å². The molecule has 3 nitrogen and oxygen atoms in total. The van der Waals surface area contributed by atoms with Crippen molar-refractivity contribution in [3.8, 4) is 0 Å². The van der Waals surface area contributed by atoms with Crippen molar-refractivity contribution in [1.29, 1.82) is 0 Å². The number of aliphatic imine (C=N–C) groups is 1. The summed E-state index contributed by atoms with van der Waals surface area (Å²) >= 11 is 0. The molecule has 0 aliphatic rings. The van der Waals surface area contributed by atoms with Crippen molar-refractivity contribution in [2.45, 2.75) is 67.8 Å². The second kappa shape index (κ2) is 10.1. The third-order valence-electron chi connectivity index (χ3n) is 4.36. The molecule has 0 aromatic rings. The molecule has 0 saturated carbocycles. The second-order valence-corrected chi connectivity index (χ2v) is 11.4. The summed E-state index contributed by atoms with van der Waals surface area (Å²) in [4.78, 5) is 3.38. The van der Waals surface area contributed by atoms with Crippen LogP contribution in [-0.4, -0.2) is 93.7 Å². The van der Waals surface area contributed by atoms with Gasteiger partial charge in [0.15, 0.2) is 0 Å². The van der Waals surface area contributed by atoms with Crippen molar-refractivity contribution in [1.82, 2.24) is 9.80 Å². The van der Waals surface area contributed by atoms with Gasteiger partial charge in [0.25, 0.3) is 0 Å². The van der Waals surface area contributed by atoms with Crippen LogP contribution in [0.2, 0.25) is 13.1 Å². The Balaban J connectivity index is 6.58. The fourth-order valence-electron chi connectivity index (χ4n) is 2.62. The lowest BCUT2D eigenvalue weighted by Gasteiger charge is -2.41. The molecule has 0 atom stereocenters. The molecule has 35 heavy (non-hydrogen) atoms. The Kier molecular flexibility index (Phi) is 9.62. The van der Waals surface area contributed by atoms with Gasteiger partial charge in [-0.1, -0.05) is 13.1 Å². The van der Waals surface area contributed by atoms with Crippen molar-refractivity contribution in [2.75, 3.05) is 27.3 Å². The van der Waals surface area contributed by atoms with E-state index in [0.717, 1.165) is 26.0 Å². The molecule has 0 fully saturated rings. The first-order chi connectivity index (χ1) is 15.1. The Morgan fingerprint density at radius 1 is 0.629 bits per heavy atom. The van der Waals surface area contributed by atoms with Gasteiger partial charge in [0.1, 0.15) is 0 Å². The number of rotatable bonds is 10. The summed E-state index contributed by atoms with van der Waals surface area (Å²) in [6.45, 7) is 3.26. The van der Waals surface area contributed by atoms with Gasteiger partial charge in [0, 0.05) is 40.2 Å². The highest BCUT2D eigenvalue weighted by atomic mass is 28.3. The van der Waals surface area contributed by atoms with Gasteiger partial charge >= 0.3 is 41.8 Å². The van der Waals surface area contributed by atoms with E-state index in [2.05, 4.69) is 0 Å². The summed E-state index contributed by atoms with van der Waals surface area (Å²) < 4.78 is 202. The van der Waals surface area contributed by atoms with Crippen molar-refractivity contribution in [3.63, 3.8) is 0 Å². The van der Waals surface area contributed by atoms with Gasteiger partial charge in [-0.05, 0) is 0 Å². The summed E-state index contributed by atoms with van der Waals surface area (Å²) in [5.41, 5.74) is 0. The van der Waals surface area contributed by atoms with Crippen LogP contribution in [0.3, 0.4) is 0 Å². The van der Waals surface area contributed by atoms with Crippen LogP contribution in [0.15, 0.2) is 4.99 Å². The minimum absolute atomic E-state index is 0.0886. The van der Waals surface area contributed by atoms with E-state index in [1.807, 2.05) is 4.99 Å². The molecule has 0 amide bonds. The van der Waals surface area contributed by atoms with Crippen LogP contribution in [-0.2, 0) is 0 Å². The van der Waals surface area contributed by atoms with Crippen molar-refractivity contribution >= 4 is 14.8 Å². The highest BCUT2D eigenvalue weighted by Crippen LogP contribution is 2.61. The zero-order chi connectivity index (χ0) is 28.6. The largest absolute Gasteiger partial charge is 0.414 e. The molecule has 0 heterocycles. The summed E-state index contributed by atoms with van der Waals surface area (Å²) in [5, 5.41) is 0. The van der Waals surface area contributed by atoms with Gasteiger partial charge in [0.2, 0.25) is 5.96 Å². The molecule has 210 valence electrons. The Labute approximate surface area is 191 Å². The highest BCUT2D eigenvalue weighted by molar-refractivity contribution is 6.56. The molecule has 19 heteroatoms. The topological polar surface area (TPSA) is 18.8 Å². The third-order valence-corrected chi connectivity index (χ3v) is 5.64. The average Bonchev–Trinajstić information content (AvgIpc) is 2.62. The van der Waals surface area contributed by atoms with Crippen LogP contribution in [0.4, 0.5) is 65.9 Å². The summed E-state index contributed by atoms with van der Waals surface area (Å²) in [5.74, 6) is -38.8. The number of guanidine groups is 1. The number of hydrogen-bond acceptors (Lipinski definition) is 1. The fourth-order valence-corrected chi connectivity index (χ4v) is 3.88. The SMILES string of the molecule is CN(C)C(=NC(F)(F)C(F)(F)C(F)(F)C(F)(F)C(F)(F)C(F)(F)CCC(F)(F)F)N(C)C[SiH](C)C. The van der Waals surface area contributed by atoms with E-state index in [4.69, 9.17) is 0 Å². The van der Waals surface area contributed by atoms with Crippen LogP contribution >= 0.6 is 0 Å². The maximum absolute atomic E-state index is 14.2. The standard InChI is InChI=1S/C16H22F15N3Si/c1-33(2)9(34(3)8-35(4)5)32-16(30,31)15(28,29)14(26,27)13(24,25)12(22,23)10(17,18)6-7-11(19,20)21/h35H,6-8H2,1-5H3. The summed E-state index contributed by atoms with van der Waals surface area (Å²) in [6.07, 6.45) is -11.9. The maximum atomic E-state index is 14.2. The second-order valence-electron chi connectivity index (χ2n) is 8.24. The van der Waals surface area contributed by atoms with E-state index in [-0.39, 0.29) is 6.17 Å². The van der Waals surface area contributed by atoms with E-state index < -0.39 is 69.4 Å². The van der Waals surface area contributed by atoms with Crippen molar-refractivity contribution in [2.24, 2.45) is 4.99 Å². The maximum Gasteiger partial charge on any atom is 0.414 e. The molecule has 0 rings (SSSR count). The van der Waals surface area contributed by atoms with Gasteiger partial charge in [-0.15, -0.1) is 0 Å². The van der Waals surface area contributed by atoms with Crippen LogP contribution in [0.25, 0.3) is 0 Å². The van der Waals surface area contributed by atoms with Crippen LogP contribution in [0.1, 0.15) is 12.8 Å². The van der Waals surface area contributed by atoms with Gasteiger partial charge in [-0.25, -0.2) is 0 Å². The molecular weight excluding hydrogens is 547 g/mol. The molecule has 0 aliphatic heterocycles. The van der Waals surface area contributed by atoms with E-state index in [0.29, 0.717) is 4.90 Å². The molecule has 0 aromatic carbocycles. The lowest BCUT2D eigenvalue weighted by molar-refractivity contribution is -0.425. The third kappa shape index (κ3) is 6.61. The first-order valence-electron chi connectivity index (χ1n) is 9.41. The Morgan fingerprint density at radius 2 is 1.03 bits per heavy atom. The molecule has 0 radical (unpaired) electrons. The molecule has 0 bridgehead atoms.